The summed E-state index contributed by atoms with van der Waals surface area (Å²) >= 11 is 0. The standard InChI is InChI=1S/C20H31N3O3/c1-8-20(21-15(4)23(6)16(5)24)22-18-11-17(9-10-19(18)25-7)13-26-12-14(2)3/h8-11,14,22H,12-13H2,1-7H3/b20-8+,21-15+. The fourth-order valence-corrected chi connectivity index (χ4v) is 2.13. The van der Waals surface area contributed by atoms with E-state index >= 15 is 0 Å². The molecule has 0 saturated heterocycles. The van der Waals surface area contributed by atoms with Crippen LogP contribution in [-0.2, 0) is 16.1 Å². The predicted octanol–water partition coefficient (Wildman–Crippen LogP) is 4.04. The first kappa shape index (κ1) is 21.7. The molecule has 0 saturated carbocycles. The van der Waals surface area contributed by atoms with Gasteiger partial charge in [0, 0.05) is 20.6 Å². The number of nitrogens with one attached hydrogen (secondary N) is 1. The number of nitrogens with zero attached hydrogens (tertiary/aromatic N) is 2. The Morgan fingerprint density at radius 2 is 2.04 bits per heavy atom. The van der Waals surface area contributed by atoms with E-state index in [0.29, 0.717) is 29.9 Å². The number of carbonyl (C=O) groups is 1. The molecule has 0 radical (unpaired) electrons. The third kappa shape index (κ3) is 6.88. The Hall–Kier alpha value is -2.34. The fourth-order valence-electron chi connectivity index (χ4n) is 2.13. The summed E-state index contributed by atoms with van der Waals surface area (Å²) in [6.45, 7) is 10.7. The first-order chi connectivity index (χ1) is 12.3. The SMILES string of the molecule is C/C=C(\N=C(/C)N(C)C(C)=O)Nc1cc(COCC(C)C)ccc1OC. The van der Waals surface area contributed by atoms with Crippen molar-refractivity contribution in [3.8, 4) is 5.75 Å². The molecule has 0 atom stereocenters. The molecule has 1 aromatic carbocycles. The molecule has 0 bridgehead atoms. The van der Waals surface area contributed by atoms with Crippen molar-refractivity contribution in [1.82, 2.24) is 4.90 Å². The van der Waals surface area contributed by atoms with Gasteiger partial charge in [-0.3, -0.25) is 4.79 Å². The van der Waals surface area contributed by atoms with Crippen LogP contribution in [0.2, 0.25) is 0 Å². The Balaban J connectivity index is 2.97. The van der Waals surface area contributed by atoms with Crippen LogP contribution in [0.3, 0.4) is 0 Å². The summed E-state index contributed by atoms with van der Waals surface area (Å²) < 4.78 is 11.1. The van der Waals surface area contributed by atoms with Gasteiger partial charge in [0.05, 0.1) is 19.4 Å². The number of benzene rings is 1. The molecule has 0 spiro atoms. The van der Waals surface area contributed by atoms with E-state index in [-0.39, 0.29) is 5.91 Å². The molecule has 0 fully saturated rings. The van der Waals surface area contributed by atoms with Gasteiger partial charge in [-0.15, -0.1) is 0 Å². The second kappa shape index (κ2) is 10.6. The van der Waals surface area contributed by atoms with Crippen molar-refractivity contribution in [3.63, 3.8) is 0 Å². The fraction of sp³-hybridized carbons (Fsp3) is 0.500. The Kier molecular flexibility index (Phi) is 8.85. The molecule has 0 aliphatic heterocycles. The van der Waals surface area contributed by atoms with E-state index in [0.717, 1.165) is 17.9 Å². The molecule has 6 heteroatoms. The van der Waals surface area contributed by atoms with Crippen LogP contribution < -0.4 is 10.1 Å². The van der Waals surface area contributed by atoms with Gasteiger partial charge in [-0.05, 0) is 43.5 Å². The van der Waals surface area contributed by atoms with Crippen LogP contribution in [0.1, 0.15) is 40.2 Å². The molecule has 0 aliphatic carbocycles. The minimum Gasteiger partial charge on any atom is -0.495 e. The molecule has 1 rings (SSSR count). The second-order valence-electron chi connectivity index (χ2n) is 6.48. The first-order valence-corrected chi connectivity index (χ1v) is 8.76. The van der Waals surface area contributed by atoms with Gasteiger partial charge < -0.3 is 19.7 Å². The number of amidine groups is 1. The van der Waals surface area contributed by atoms with Crippen molar-refractivity contribution in [1.29, 1.82) is 0 Å². The first-order valence-electron chi connectivity index (χ1n) is 8.76. The molecule has 0 aliphatic rings. The van der Waals surface area contributed by atoms with Gasteiger partial charge in [-0.25, -0.2) is 4.99 Å². The number of methoxy groups -OCH3 is 1. The molecule has 26 heavy (non-hydrogen) atoms. The zero-order valence-electron chi connectivity index (χ0n) is 16.9. The highest BCUT2D eigenvalue weighted by atomic mass is 16.5. The number of anilines is 1. The highest BCUT2D eigenvalue weighted by molar-refractivity contribution is 5.96. The maximum atomic E-state index is 11.5. The summed E-state index contributed by atoms with van der Waals surface area (Å²) in [6, 6.07) is 5.88. The minimum absolute atomic E-state index is 0.0661. The lowest BCUT2D eigenvalue weighted by Crippen LogP contribution is -2.29. The summed E-state index contributed by atoms with van der Waals surface area (Å²) in [5.74, 6) is 2.38. The number of rotatable bonds is 8. The largest absolute Gasteiger partial charge is 0.495 e. The van der Waals surface area contributed by atoms with Crippen molar-refractivity contribution in [2.45, 2.75) is 41.2 Å². The van der Waals surface area contributed by atoms with Crippen LogP contribution in [0.15, 0.2) is 35.1 Å². The lowest BCUT2D eigenvalue weighted by atomic mass is 10.2. The second-order valence-corrected chi connectivity index (χ2v) is 6.48. The Morgan fingerprint density at radius 3 is 2.58 bits per heavy atom. The Morgan fingerprint density at radius 1 is 1.35 bits per heavy atom. The van der Waals surface area contributed by atoms with Gasteiger partial charge >= 0.3 is 0 Å². The molecule has 6 nitrogen and oxygen atoms in total. The number of aliphatic imine (C=N–C) groups is 1. The number of allylic oxidation sites excluding steroid dienone is 1. The Bertz CT molecular complexity index is 666. The summed E-state index contributed by atoms with van der Waals surface area (Å²) in [5.41, 5.74) is 1.85. The summed E-state index contributed by atoms with van der Waals surface area (Å²) in [6.07, 6.45) is 1.85. The highest BCUT2D eigenvalue weighted by Crippen LogP contribution is 2.27. The zero-order valence-corrected chi connectivity index (χ0v) is 16.9. The van der Waals surface area contributed by atoms with Crippen LogP contribution in [0.25, 0.3) is 0 Å². The van der Waals surface area contributed by atoms with Gasteiger partial charge in [0.15, 0.2) is 0 Å². The normalized spacial score (nSPS) is 12.3. The molecule has 144 valence electrons. The molecule has 0 unspecified atom stereocenters. The average molecular weight is 361 g/mol. The minimum atomic E-state index is -0.0661. The van der Waals surface area contributed by atoms with Crippen molar-refractivity contribution in [3.05, 3.63) is 35.7 Å². The summed E-state index contributed by atoms with van der Waals surface area (Å²) in [7, 11) is 3.32. The molecule has 0 heterocycles. The van der Waals surface area contributed by atoms with Crippen molar-refractivity contribution >= 4 is 17.4 Å². The van der Waals surface area contributed by atoms with E-state index in [9.17, 15) is 4.79 Å². The Labute approximate surface area is 156 Å². The van der Waals surface area contributed by atoms with Crippen LogP contribution in [0.5, 0.6) is 5.75 Å². The van der Waals surface area contributed by atoms with Crippen LogP contribution in [0, 0.1) is 5.92 Å². The van der Waals surface area contributed by atoms with Gasteiger partial charge in [0.1, 0.15) is 17.4 Å². The average Bonchev–Trinajstić information content (AvgIpc) is 2.60. The summed E-state index contributed by atoms with van der Waals surface area (Å²) in [5, 5.41) is 3.27. The van der Waals surface area contributed by atoms with Crippen molar-refractivity contribution < 1.29 is 14.3 Å². The number of amides is 1. The lowest BCUT2D eigenvalue weighted by Gasteiger charge is -2.17. The summed E-state index contributed by atoms with van der Waals surface area (Å²) in [4.78, 5) is 17.5. The van der Waals surface area contributed by atoms with Gasteiger partial charge in [0.25, 0.3) is 0 Å². The van der Waals surface area contributed by atoms with Crippen LogP contribution in [-0.4, -0.2) is 37.4 Å². The molecular formula is C20H31N3O3. The maximum Gasteiger partial charge on any atom is 0.224 e. The number of hydrogen-bond donors (Lipinski definition) is 1. The monoisotopic (exact) mass is 361 g/mol. The van der Waals surface area contributed by atoms with Gasteiger partial charge in [-0.1, -0.05) is 19.9 Å². The topological polar surface area (TPSA) is 63.2 Å². The number of ether oxygens (including phenoxy) is 2. The van der Waals surface area contributed by atoms with E-state index in [2.05, 4.69) is 24.2 Å². The van der Waals surface area contributed by atoms with Crippen LogP contribution >= 0.6 is 0 Å². The smallest absolute Gasteiger partial charge is 0.224 e. The van der Waals surface area contributed by atoms with E-state index < -0.39 is 0 Å². The van der Waals surface area contributed by atoms with Crippen molar-refractivity contribution in [2.24, 2.45) is 10.9 Å². The van der Waals surface area contributed by atoms with Gasteiger partial charge in [0.2, 0.25) is 5.91 Å². The molecule has 0 aromatic heterocycles. The highest BCUT2D eigenvalue weighted by Gasteiger charge is 2.09. The third-order valence-corrected chi connectivity index (χ3v) is 3.76. The predicted molar refractivity (Wildman–Crippen MR) is 106 cm³/mol. The molecular weight excluding hydrogens is 330 g/mol. The molecule has 1 N–H and O–H groups in total. The zero-order chi connectivity index (χ0) is 19.7. The van der Waals surface area contributed by atoms with E-state index in [1.54, 1.807) is 21.1 Å². The van der Waals surface area contributed by atoms with Gasteiger partial charge in [-0.2, -0.15) is 0 Å². The molecule has 1 aromatic rings. The van der Waals surface area contributed by atoms with E-state index in [1.165, 1.54) is 11.8 Å². The lowest BCUT2D eigenvalue weighted by molar-refractivity contribution is -0.124. The van der Waals surface area contributed by atoms with E-state index in [4.69, 9.17) is 9.47 Å². The number of carbonyl (C=O) groups excluding carboxylic acids is 1. The van der Waals surface area contributed by atoms with E-state index in [1.807, 2.05) is 31.2 Å². The van der Waals surface area contributed by atoms with Crippen molar-refractivity contribution in [2.75, 3.05) is 26.1 Å². The molecule has 1 amide bonds. The third-order valence-electron chi connectivity index (χ3n) is 3.76. The van der Waals surface area contributed by atoms with Crippen LogP contribution in [0.4, 0.5) is 5.69 Å². The number of hydrogen-bond acceptors (Lipinski definition) is 5. The quantitative estimate of drug-likeness (QED) is 0.561. The maximum absolute atomic E-state index is 11.5.